The molecule has 4 nitrogen and oxygen atoms in total. The van der Waals surface area contributed by atoms with Crippen molar-refractivity contribution in [2.75, 3.05) is 13.1 Å². The van der Waals surface area contributed by atoms with Crippen LogP contribution in [0, 0.1) is 5.82 Å². The van der Waals surface area contributed by atoms with E-state index in [0.717, 1.165) is 12.8 Å². The molecule has 0 spiro atoms. The number of phenolic OH excluding ortho intramolecular Hbond substituents is 1. The second-order valence-corrected chi connectivity index (χ2v) is 4.80. The Morgan fingerprint density at radius 3 is 2.61 bits per heavy atom. The summed E-state index contributed by atoms with van der Waals surface area (Å²) >= 11 is 0. The molecule has 1 aromatic rings. The van der Waals surface area contributed by atoms with Crippen molar-refractivity contribution in [2.45, 2.75) is 25.0 Å². The van der Waals surface area contributed by atoms with Gasteiger partial charge in [0.05, 0.1) is 12.2 Å². The number of carbonyl (C=O) groups excluding carboxylic acids is 1. The van der Waals surface area contributed by atoms with Gasteiger partial charge in [0.2, 0.25) is 0 Å². The van der Waals surface area contributed by atoms with E-state index in [-0.39, 0.29) is 23.5 Å². The Morgan fingerprint density at radius 2 is 2.00 bits per heavy atom. The first-order chi connectivity index (χ1) is 8.65. The van der Waals surface area contributed by atoms with E-state index in [1.165, 1.54) is 18.2 Å². The van der Waals surface area contributed by atoms with Gasteiger partial charge in [-0.05, 0) is 25.0 Å². The van der Waals surface area contributed by atoms with Gasteiger partial charge in [0.25, 0.3) is 5.91 Å². The largest absolute Gasteiger partial charge is 0.507 e. The number of hydrogen-bond donors (Lipinski definition) is 1. The highest BCUT2D eigenvalue weighted by atomic mass is 19.1. The number of carbonyl (C=O) groups is 1. The molecule has 2 atom stereocenters. The molecule has 2 aliphatic heterocycles. The van der Waals surface area contributed by atoms with Crippen molar-refractivity contribution in [3.8, 4) is 5.75 Å². The number of rotatable bonds is 1. The lowest BCUT2D eigenvalue weighted by Crippen LogP contribution is -2.46. The number of likely N-dealkylation sites (tertiary alicyclic amines) is 1. The van der Waals surface area contributed by atoms with Gasteiger partial charge in [-0.3, -0.25) is 4.79 Å². The summed E-state index contributed by atoms with van der Waals surface area (Å²) in [7, 11) is 0. The number of fused-ring (bicyclic) bond motifs is 2. The zero-order valence-corrected chi connectivity index (χ0v) is 9.80. The van der Waals surface area contributed by atoms with E-state index in [0.29, 0.717) is 13.1 Å². The lowest BCUT2D eigenvalue weighted by molar-refractivity contribution is -0.0305. The van der Waals surface area contributed by atoms with Crippen molar-refractivity contribution in [3.63, 3.8) is 0 Å². The standard InChI is InChI=1S/C13H14FNO3/c14-10-2-1-3-11(16)12(10)13(17)15-6-8-4-5-9(7-15)18-8/h1-3,8-9,16H,4-7H2. The van der Waals surface area contributed by atoms with Crippen LogP contribution in [0.15, 0.2) is 18.2 Å². The van der Waals surface area contributed by atoms with Crippen molar-refractivity contribution in [2.24, 2.45) is 0 Å². The molecule has 18 heavy (non-hydrogen) atoms. The predicted octanol–water partition coefficient (Wildman–Crippen LogP) is 1.53. The molecule has 5 heteroatoms. The van der Waals surface area contributed by atoms with Crippen LogP contribution >= 0.6 is 0 Å². The molecule has 1 amide bonds. The molecule has 2 heterocycles. The Hall–Kier alpha value is -1.62. The third kappa shape index (κ3) is 1.84. The number of benzene rings is 1. The van der Waals surface area contributed by atoms with Crippen molar-refractivity contribution in [3.05, 3.63) is 29.6 Å². The van der Waals surface area contributed by atoms with Gasteiger partial charge in [0, 0.05) is 13.1 Å². The topological polar surface area (TPSA) is 49.8 Å². The van der Waals surface area contributed by atoms with Crippen LogP contribution in [-0.4, -0.2) is 41.2 Å². The van der Waals surface area contributed by atoms with Crippen LogP contribution in [0.3, 0.4) is 0 Å². The normalized spacial score (nSPS) is 26.4. The lowest BCUT2D eigenvalue weighted by atomic mass is 10.1. The first kappa shape index (κ1) is 11.5. The van der Waals surface area contributed by atoms with Gasteiger partial charge in [-0.25, -0.2) is 4.39 Å². The van der Waals surface area contributed by atoms with Crippen molar-refractivity contribution in [1.29, 1.82) is 0 Å². The predicted molar refractivity (Wildman–Crippen MR) is 61.9 cm³/mol. The molecular weight excluding hydrogens is 237 g/mol. The number of phenols is 1. The maximum atomic E-state index is 13.6. The number of halogens is 1. The maximum absolute atomic E-state index is 13.6. The molecule has 0 aliphatic carbocycles. The number of hydrogen-bond acceptors (Lipinski definition) is 3. The summed E-state index contributed by atoms with van der Waals surface area (Å²) in [6, 6.07) is 3.89. The van der Waals surface area contributed by atoms with Crippen LogP contribution in [-0.2, 0) is 4.74 Å². The highest BCUT2D eigenvalue weighted by molar-refractivity contribution is 5.97. The van der Waals surface area contributed by atoms with Crippen LogP contribution in [0.2, 0.25) is 0 Å². The fraction of sp³-hybridized carbons (Fsp3) is 0.462. The minimum Gasteiger partial charge on any atom is -0.507 e. The van der Waals surface area contributed by atoms with E-state index < -0.39 is 11.7 Å². The molecule has 2 fully saturated rings. The summed E-state index contributed by atoms with van der Waals surface area (Å²) < 4.78 is 19.3. The quantitative estimate of drug-likeness (QED) is 0.823. The molecule has 2 saturated heterocycles. The molecule has 0 aromatic heterocycles. The van der Waals surface area contributed by atoms with Crippen LogP contribution in [0.1, 0.15) is 23.2 Å². The van der Waals surface area contributed by atoms with Gasteiger partial charge in [-0.15, -0.1) is 0 Å². The second-order valence-electron chi connectivity index (χ2n) is 4.80. The van der Waals surface area contributed by atoms with Crippen molar-refractivity contribution in [1.82, 2.24) is 4.90 Å². The van der Waals surface area contributed by atoms with Crippen LogP contribution in [0.4, 0.5) is 4.39 Å². The van der Waals surface area contributed by atoms with E-state index in [2.05, 4.69) is 0 Å². The first-order valence-electron chi connectivity index (χ1n) is 6.07. The molecule has 1 N–H and O–H groups in total. The number of amides is 1. The minimum atomic E-state index is -0.682. The van der Waals surface area contributed by atoms with Gasteiger partial charge in [-0.2, -0.15) is 0 Å². The van der Waals surface area contributed by atoms with Crippen LogP contribution in [0.5, 0.6) is 5.75 Å². The Labute approximate surface area is 104 Å². The van der Waals surface area contributed by atoms with E-state index in [4.69, 9.17) is 4.74 Å². The van der Waals surface area contributed by atoms with E-state index in [1.807, 2.05) is 0 Å². The number of aromatic hydroxyl groups is 1. The molecule has 96 valence electrons. The molecule has 0 saturated carbocycles. The third-order valence-corrected chi connectivity index (χ3v) is 3.54. The number of ether oxygens (including phenoxy) is 1. The summed E-state index contributed by atoms with van der Waals surface area (Å²) in [6.07, 6.45) is 2.00. The number of nitrogens with zero attached hydrogens (tertiary/aromatic N) is 1. The minimum absolute atomic E-state index is 0.0571. The highest BCUT2D eigenvalue weighted by Gasteiger charge is 2.37. The highest BCUT2D eigenvalue weighted by Crippen LogP contribution is 2.29. The van der Waals surface area contributed by atoms with E-state index >= 15 is 0 Å². The van der Waals surface area contributed by atoms with Crippen molar-refractivity contribution >= 4 is 5.91 Å². The Morgan fingerprint density at radius 1 is 1.33 bits per heavy atom. The fourth-order valence-electron chi connectivity index (χ4n) is 2.66. The molecule has 3 rings (SSSR count). The molecule has 1 aromatic carbocycles. The average Bonchev–Trinajstić information content (AvgIpc) is 2.68. The Balaban J connectivity index is 1.86. The molecule has 0 radical (unpaired) electrons. The maximum Gasteiger partial charge on any atom is 0.260 e. The Bertz CT molecular complexity index is 459. The number of morpholine rings is 1. The third-order valence-electron chi connectivity index (χ3n) is 3.54. The summed E-state index contributed by atoms with van der Waals surface area (Å²) in [5, 5.41) is 9.62. The fourth-order valence-corrected chi connectivity index (χ4v) is 2.66. The average molecular weight is 251 g/mol. The molecule has 2 aliphatic rings. The first-order valence-corrected chi connectivity index (χ1v) is 6.07. The summed E-state index contributed by atoms with van der Waals surface area (Å²) in [4.78, 5) is 13.8. The van der Waals surface area contributed by atoms with Crippen molar-refractivity contribution < 1.29 is 19.0 Å². The molecular formula is C13H14FNO3. The summed E-state index contributed by atoms with van der Waals surface area (Å²) in [6.45, 7) is 0.951. The monoisotopic (exact) mass is 251 g/mol. The SMILES string of the molecule is O=C(c1c(O)cccc1F)N1CC2CCC(C1)O2. The summed E-state index contributed by atoms with van der Waals surface area (Å²) in [5.74, 6) is -1.44. The van der Waals surface area contributed by atoms with Crippen LogP contribution < -0.4 is 0 Å². The van der Waals surface area contributed by atoms with E-state index in [1.54, 1.807) is 4.90 Å². The van der Waals surface area contributed by atoms with Crippen LogP contribution in [0.25, 0.3) is 0 Å². The van der Waals surface area contributed by atoms with Gasteiger partial charge < -0.3 is 14.7 Å². The summed E-state index contributed by atoms with van der Waals surface area (Å²) in [5.41, 5.74) is -0.237. The zero-order chi connectivity index (χ0) is 12.7. The van der Waals surface area contributed by atoms with Gasteiger partial charge in [0.1, 0.15) is 17.1 Å². The smallest absolute Gasteiger partial charge is 0.260 e. The molecule has 2 unspecified atom stereocenters. The van der Waals surface area contributed by atoms with Gasteiger partial charge in [-0.1, -0.05) is 6.07 Å². The second kappa shape index (κ2) is 4.24. The lowest BCUT2D eigenvalue weighted by Gasteiger charge is -2.32. The van der Waals surface area contributed by atoms with Gasteiger partial charge >= 0.3 is 0 Å². The van der Waals surface area contributed by atoms with Gasteiger partial charge in [0.15, 0.2) is 0 Å². The molecule has 2 bridgehead atoms. The Kier molecular flexibility index (Phi) is 2.70. The zero-order valence-electron chi connectivity index (χ0n) is 9.80. The van der Waals surface area contributed by atoms with E-state index in [9.17, 15) is 14.3 Å².